The zero-order chi connectivity index (χ0) is 15.1. The minimum atomic E-state index is -1.52. The fraction of sp³-hybridized carbons (Fsp3) is 0.500. The first-order valence-electron chi connectivity index (χ1n) is 6.33. The molecule has 0 aliphatic carbocycles. The minimum absolute atomic E-state index is 0.366. The molecule has 1 saturated heterocycles. The van der Waals surface area contributed by atoms with Crippen molar-refractivity contribution in [3.8, 4) is 0 Å². The zero-order valence-electron chi connectivity index (χ0n) is 11.6. The smallest absolute Gasteiger partial charge is 0.277 e. The Morgan fingerprint density at radius 3 is 2.30 bits per heavy atom. The van der Waals surface area contributed by atoms with Crippen molar-refractivity contribution in [2.24, 2.45) is 5.92 Å². The number of benzene rings is 1. The van der Waals surface area contributed by atoms with E-state index < -0.39 is 15.1 Å². The normalized spacial score (nSPS) is 23.1. The van der Waals surface area contributed by atoms with Crippen LogP contribution in [0.15, 0.2) is 30.3 Å². The van der Waals surface area contributed by atoms with E-state index >= 15 is 0 Å². The number of nitrogens with zero attached hydrogens (tertiary/aromatic N) is 2. The zero-order valence-corrected chi connectivity index (χ0v) is 13.9. The van der Waals surface area contributed by atoms with Crippen molar-refractivity contribution < 1.29 is 4.79 Å². The predicted molar refractivity (Wildman–Crippen MR) is 84.4 cm³/mol. The summed E-state index contributed by atoms with van der Waals surface area (Å²) in [6.45, 7) is 4.11. The molecule has 2 rings (SSSR count). The predicted octanol–water partition coefficient (Wildman–Crippen LogP) is 3.69. The summed E-state index contributed by atoms with van der Waals surface area (Å²) in [6, 6.07) is 9.61. The van der Waals surface area contributed by atoms with E-state index in [1.54, 1.807) is 7.05 Å². The number of alkyl halides is 3. The van der Waals surface area contributed by atoms with E-state index in [4.69, 9.17) is 34.8 Å². The lowest BCUT2D eigenvalue weighted by Gasteiger charge is -2.49. The molecule has 1 amide bonds. The minimum Gasteiger partial charge on any atom is -0.283 e. The van der Waals surface area contributed by atoms with Gasteiger partial charge in [-0.25, -0.2) is 0 Å². The first kappa shape index (κ1) is 15.7. The van der Waals surface area contributed by atoms with Gasteiger partial charge < -0.3 is 0 Å². The summed E-state index contributed by atoms with van der Waals surface area (Å²) in [5.41, 5.74) is 0.901. The van der Waals surface area contributed by atoms with Gasteiger partial charge in [-0.05, 0) is 26.0 Å². The van der Waals surface area contributed by atoms with Gasteiger partial charge in [0.1, 0.15) is 0 Å². The van der Waals surface area contributed by atoms with Gasteiger partial charge in [-0.3, -0.25) is 14.8 Å². The third kappa shape index (κ3) is 2.72. The Kier molecular flexibility index (Phi) is 4.16. The molecule has 1 atom stereocenters. The summed E-state index contributed by atoms with van der Waals surface area (Å²) in [7, 11) is 1.66. The number of halogens is 3. The Morgan fingerprint density at radius 2 is 1.80 bits per heavy atom. The molecule has 1 aromatic rings. The van der Waals surface area contributed by atoms with Crippen LogP contribution in [0.2, 0.25) is 0 Å². The monoisotopic (exact) mass is 334 g/mol. The van der Waals surface area contributed by atoms with Crippen molar-refractivity contribution in [2.45, 2.75) is 23.1 Å². The Balaban J connectivity index is 2.41. The highest BCUT2D eigenvalue weighted by atomic mass is 35.5. The molecule has 110 valence electrons. The van der Waals surface area contributed by atoms with Gasteiger partial charge in [0.2, 0.25) is 4.33 Å². The maximum atomic E-state index is 12.4. The van der Waals surface area contributed by atoms with Crippen molar-refractivity contribution in [2.75, 3.05) is 18.6 Å². The molecule has 1 aliphatic heterocycles. The molecule has 1 aromatic carbocycles. The second-order valence-corrected chi connectivity index (χ2v) is 7.85. The summed E-state index contributed by atoms with van der Waals surface area (Å²) >= 11 is 19.0. The highest BCUT2D eigenvalue weighted by Gasteiger charge is 2.55. The highest BCUT2D eigenvalue weighted by Crippen LogP contribution is 2.45. The number of carbonyl (C=O) groups excluding carboxylic acids is 1. The van der Waals surface area contributed by atoms with Crippen molar-refractivity contribution in [1.29, 1.82) is 0 Å². The van der Waals surface area contributed by atoms with E-state index in [0.29, 0.717) is 6.54 Å². The Hall–Kier alpha value is -0.640. The molecule has 3 nitrogen and oxygen atoms in total. The number of hydrogen-bond acceptors (Lipinski definition) is 2. The molecular formula is C14H17Cl3N2O. The van der Waals surface area contributed by atoms with Crippen LogP contribution in [0.1, 0.15) is 13.8 Å². The molecule has 0 spiro atoms. The van der Waals surface area contributed by atoms with Crippen LogP contribution in [0, 0.1) is 5.92 Å². The third-order valence-corrected chi connectivity index (χ3v) is 4.73. The summed E-state index contributed by atoms with van der Waals surface area (Å²) < 4.78 is -1.52. The van der Waals surface area contributed by atoms with Gasteiger partial charge >= 0.3 is 0 Å². The van der Waals surface area contributed by atoms with Crippen LogP contribution in [0.25, 0.3) is 0 Å². The van der Waals surface area contributed by atoms with Crippen molar-refractivity contribution in [3.63, 3.8) is 0 Å². The van der Waals surface area contributed by atoms with Gasteiger partial charge in [0, 0.05) is 24.4 Å². The van der Waals surface area contributed by atoms with E-state index in [-0.39, 0.29) is 5.91 Å². The maximum Gasteiger partial charge on any atom is 0.277 e. The second-order valence-electron chi connectivity index (χ2n) is 5.49. The summed E-state index contributed by atoms with van der Waals surface area (Å²) in [5.74, 6) is -0.765. The molecule has 1 aliphatic rings. The third-order valence-electron chi connectivity index (χ3n) is 3.62. The lowest BCUT2D eigenvalue weighted by molar-refractivity contribution is -0.135. The van der Waals surface area contributed by atoms with Crippen molar-refractivity contribution in [3.05, 3.63) is 30.3 Å². The summed E-state index contributed by atoms with van der Waals surface area (Å²) in [5, 5.41) is 3.30. The largest absolute Gasteiger partial charge is 0.283 e. The molecule has 1 heterocycles. The van der Waals surface area contributed by atoms with Crippen LogP contribution in [-0.2, 0) is 4.79 Å². The van der Waals surface area contributed by atoms with Crippen LogP contribution in [0.4, 0.5) is 5.69 Å². The fourth-order valence-electron chi connectivity index (χ4n) is 2.41. The van der Waals surface area contributed by atoms with Crippen molar-refractivity contribution in [1.82, 2.24) is 5.01 Å². The number of amides is 1. The fourth-order valence-corrected chi connectivity index (χ4v) is 3.68. The van der Waals surface area contributed by atoms with E-state index in [2.05, 4.69) is 0 Å². The van der Waals surface area contributed by atoms with Gasteiger partial charge in [-0.2, -0.15) is 0 Å². The van der Waals surface area contributed by atoms with Crippen LogP contribution in [0.5, 0.6) is 0 Å². The first-order chi connectivity index (χ1) is 9.15. The molecule has 6 heteroatoms. The average Bonchev–Trinajstić information content (AvgIpc) is 2.36. The molecule has 1 unspecified atom stereocenters. The van der Waals surface area contributed by atoms with Crippen LogP contribution in [0.3, 0.4) is 0 Å². The number of carbonyl (C=O) groups is 1. The van der Waals surface area contributed by atoms with E-state index in [1.165, 1.54) is 5.01 Å². The Bertz CT molecular complexity index is 499. The van der Waals surface area contributed by atoms with Crippen LogP contribution < -0.4 is 5.01 Å². The standard InChI is InChI=1S/C14H17Cl3N2O/c1-13(2,15)11-9-19(10-7-5-4-6-8-10)18(3)12(20)14(11,16)17/h4-8,11H,9H2,1-3H3. The van der Waals surface area contributed by atoms with Gasteiger partial charge in [0.05, 0.1) is 5.69 Å². The van der Waals surface area contributed by atoms with Gasteiger partial charge in [-0.1, -0.05) is 41.4 Å². The number of hydrogen-bond donors (Lipinski definition) is 0. The van der Waals surface area contributed by atoms with Crippen LogP contribution in [-0.4, -0.2) is 33.7 Å². The summed E-state index contributed by atoms with van der Waals surface area (Å²) in [6.07, 6.45) is 0. The Morgan fingerprint density at radius 1 is 1.25 bits per heavy atom. The number of anilines is 1. The molecule has 0 radical (unpaired) electrons. The van der Waals surface area contributed by atoms with E-state index in [0.717, 1.165) is 5.69 Å². The topological polar surface area (TPSA) is 23.6 Å². The molecular weight excluding hydrogens is 319 g/mol. The first-order valence-corrected chi connectivity index (χ1v) is 7.46. The molecule has 0 N–H and O–H groups in total. The quantitative estimate of drug-likeness (QED) is 0.770. The van der Waals surface area contributed by atoms with E-state index in [9.17, 15) is 4.79 Å². The van der Waals surface area contributed by atoms with Gasteiger partial charge in [0.15, 0.2) is 0 Å². The van der Waals surface area contributed by atoms with Gasteiger partial charge in [0.25, 0.3) is 5.91 Å². The van der Waals surface area contributed by atoms with Crippen LogP contribution >= 0.6 is 34.8 Å². The van der Waals surface area contributed by atoms with Crippen molar-refractivity contribution >= 4 is 46.4 Å². The van der Waals surface area contributed by atoms with E-state index in [1.807, 2.05) is 49.2 Å². The second kappa shape index (κ2) is 5.28. The lowest BCUT2D eigenvalue weighted by atomic mass is 9.88. The Labute approximate surface area is 134 Å². The maximum absolute atomic E-state index is 12.4. The SMILES string of the molecule is CN1C(=O)C(Cl)(Cl)C(C(C)(C)Cl)CN1c1ccccc1. The molecule has 0 bridgehead atoms. The van der Waals surface area contributed by atoms with Gasteiger partial charge in [-0.15, -0.1) is 11.6 Å². The number of rotatable bonds is 2. The number of hydrazine groups is 1. The average molecular weight is 336 g/mol. The lowest BCUT2D eigenvalue weighted by Crippen LogP contribution is -2.64. The molecule has 0 aromatic heterocycles. The molecule has 1 fully saturated rings. The highest BCUT2D eigenvalue weighted by molar-refractivity contribution is 6.58. The molecule has 0 saturated carbocycles. The number of para-hydroxylation sites is 1. The molecule has 20 heavy (non-hydrogen) atoms. The summed E-state index contributed by atoms with van der Waals surface area (Å²) in [4.78, 5) is 11.7.